The molecular weight excluding hydrogens is 304 g/mol. The van der Waals surface area contributed by atoms with Crippen molar-refractivity contribution in [3.8, 4) is 11.5 Å². The molecule has 1 fully saturated rings. The van der Waals surface area contributed by atoms with Gasteiger partial charge in [0.2, 0.25) is 6.79 Å². The second kappa shape index (κ2) is 7.04. The summed E-state index contributed by atoms with van der Waals surface area (Å²) in [6, 6.07) is 6.15. The molecule has 0 saturated carbocycles. The predicted molar refractivity (Wildman–Crippen MR) is 87.9 cm³/mol. The van der Waals surface area contributed by atoms with E-state index in [1.165, 1.54) is 0 Å². The number of para-hydroxylation sites is 1. The zero-order valence-corrected chi connectivity index (χ0v) is 14.0. The van der Waals surface area contributed by atoms with Gasteiger partial charge in [-0.3, -0.25) is 4.90 Å². The first-order chi connectivity index (χ1) is 10.1. The van der Waals surface area contributed by atoms with Gasteiger partial charge in [0.05, 0.1) is 0 Å². The third kappa shape index (κ3) is 3.18. The highest BCUT2D eigenvalue weighted by Crippen LogP contribution is 2.46. The van der Waals surface area contributed by atoms with Crippen molar-refractivity contribution >= 4 is 12.4 Å². The molecule has 22 heavy (non-hydrogen) atoms. The molecule has 6 heteroatoms. The Morgan fingerprint density at radius 2 is 2.00 bits per heavy atom. The molecule has 5 nitrogen and oxygen atoms in total. The van der Waals surface area contributed by atoms with E-state index < -0.39 is 0 Å². The van der Waals surface area contributed by atoms with E-state index in [0.717, 1.165) is 43.2 Å². The standard InChI is InChI=1S/C16H24N2O3.ClH/c1-16(2,10-19)15(18-8-6-17-7-9-18)12-4-3-5-13-14(12)21-11-20-13;/h3-5,15,17,19H,6-11H2,1-2H3;1H/t15-;/m1./s1. The fraction of sp³-hybridized carbons (Fsp3) is 0.625. The third-order valence-corrected chi connectivity index (χ3v) is 4.39. The zero-order valence-electron chi connectivity index (χ0n) is 13.2. The molecule has 0 spiro atoms. The normalized spacial score (nSPS) is 19.6. The summed E-state index contributed by atoms with van der Waals surface area (Å²) in [5.74, 6) is 1.64. The van der Waals surface area contributed by atoms with Gasteiger partial charge < -0.3 is 19.9 Å². The van der Waals surface area contributed by atoms with Crippen molar-refractivity contribution in [3.63, 3.8) is 0 Å². The topological polar surface area (TPSA) is 54.0 Å². The Balaban J connectivity index is 0.00000176. The molecule has 2 aliphatic heterocycles. The first-order valence-electron chi connectivity index (χ1n) is 7.57. The first kappa shape index (κ1) is 17.3. The maximum atomic E-state index is 9.89. The second-order valence-electron chi connectivity index (χ2n) is 6.42. The van der Waals surface area contributed by atoms with Crippen LogP contribution in [0, 0.1) is 5.41 Å². The molecule has 0 aliphatic carbocycles. The maximum Gasteiger partial charge on any atom is 0.231 e. The number of nitrogens with one attached hydrogen (secondary N) is 1. The molecule has 124 valence electrons. The number of piperazine rings is 1. The van der Waals surface area contributed by atoms with E-state index in [2.05, 4.69) is 30.1 Å². The van der Waals surface area contributed by atoms with Crippen LogP contribution < -0.4 is 14.8 Å². The van der Waals surface area contributed by atoms with Crippen molar-refractivity contribution in [3.05, 3.63) is 23.8 Å². The highest BCUT2D eigenvalue weighted by atomic mass is 35.5. The van der Waals surface area contributed by atoms with E-state index in [1.807, 2.05) is 12.1 Å². The lowest BCUT2D eigenvalue weighted by atomic mass is 9.79. The average Bonchev–Trinajstić information content (AvgIpc) is 2.98. The second-order valence-corrected chi connectivity index (χ2v) is 6.42. The fourth-order valence-corrected chi connectivity index (χ4v) is 3.31. The molecule has 1 aromatic carbocycles. The Bertz CT molecular complexity index is 504. The molecule has 1 atom stereocenters. The Morgan fingerprint density at radius 3 is 2.68 bits per heavy atom. The number of fused-ring (bicyclic) bond motifs is 1. The maximum absolute atomic E-state index is 9.89. The van der Waals surface area contributed by atoms with Crippen LogP contribution in [0.3, 0.4) is 0 Å². The number of ether oxygens (including phenoxy) is 2. The molecule has 0 aromatic heterocycles. The molecule has 1 aromatic rings. The lowest BCUT2D eigenvalue weighted by molar-refractivity contribution is 0.0290. The molecule has 2 heterocycles. The molecule has 0 amide bonds. The summed E-state index contributed by atoms with van der Waals surface area (Å²) in [7, 11) is 0. The number of hydrogen-bond acceptors (Lipinski definition) is 5. The Morgan fingerprint density at radius 1 is 1.27 bits per heavy atom. The summed E-state index contributed by atoms with van der Waals surface area (Å²) in [5, 5.41) is 13.3. The molecule has 1 saturated heterocycles. The van der Waals surface area contributed by atoms with E-state index in [0.29, 0.717) is 0 Å². The summed E-state index contributed by atoms with van der Waals surface area (Å²) in [6.45, 7) is 8.52. The summed E-state index contributed by atoms with van der Waals surface area (Å²) >= 11 is 0. The van der Waals surface area contributed by atoms with Gasteiger partial charge in [0.1, 0.15) is 0 Å². The molecular formula is C16H25ClN2O3. The SMILES string of the molecule is CC(C)(CO)[C@@H](c1cccc2c1OCO2)N1CCNCC1.Cl. The molecule has 0 bridgehead atoms. The number of aliphatic hydroxyl groups excluding tert-OH is 1. The van der Waals surface area contributed by atoms with Gasteiger partial charge in [0.25, 0.3) is 0 Å². The largest absolute Gasteiger partial charge is 0.454 e. The number of aliphatic hydroxyl groups is 1. The molecule has 2 N–H and O–H groups in total. The third-order valence-electron chi connectivity index (χ3n) is 4.39. The van der Waals surface area contributed by atoms with Crippen LogP contribution in [-0.2, 0) is 0 Å². The summed E-state index contributed by atoms with van der Waals surface area (Å²) in [6.07, 6.45) is 0. The van der Waals surface area contributed by atoms with Crippen LogP contribution in [0.4, 0.5) is 0 Å². The summed E-state index contributed by atoms with van der Waals surface area (Å²) in [5.41, 5.74) is 0.865. The highest BCUT2D eigenvalue weighted by molar-refractivity contribution is 5.85. The number of rotatable bonds is 4. The van der Waals surface area contributed by atoms with Gasteiger partial charge in [-0.15, -0.1) is 12.4 Å². The minimum atomic E-state index is -0.252. The van der Waals surface area contributed by atoms with Gasteiger partial charge in [-0.2, -0.15) is 0 Å². The van der Waals surface area contributed by atoms with Crippen LogP contribution in [0.2, 0.25) is 0 Å². The van der Waals surface area contributed by atoms with Gasteiger partial charge in [0.15, 0.2) is 11.5 Å². The first-order valence-corrected chi connectivity index (χ1v) is 7.57. The zero-order chi connectivity index (χ0) is 14.9. The van der Waals surface area contributed by atoms with Gasteiger partial charge in [-0.05, 0) is 6.07 Å². The quantitative estimate of drug-likeness (QED) is 0.882. The van der Waals surface area contributed by atoms with Crippen LogP contribution >= 0.6 is 12.4 Å². The van der Waals surface area contributed by atoms with Crippen LogP contribution in [0.15, 0.2) is 18.2 Å². The van der Waals surface area contributed by atoms with Gasteiger partial charge in [-0.1, -0.05) is 26.0 Å². The number of halogens is 1. The summed E-state index contributed by atoms with van der Waals surface area (Å²) in [4.78, 5) is 2.43. The Labute approximate surface area is 138 Å². The van der Waals surface area contributed by atoms with Gasteiger partial charge in [-0.25, -0.2) is 0 Å². The lowest BCUT2D eigenvalue weighted by Gasteiger charge is -2.43. The van der Waals surface area contributed by atoms with Crippen LogP contribution in [-0.4, -0.2) is 49.6 Å². The van der Waals surface area contributed by atoms with Crippen LogP contribution in [0.1, 0.15) is 25.5 Å². The minimum Gasteiger partial charge on any atom is -0.454 e. The van der Waals surface area contributed by atoms with Gasteiger partial charge >= 0.3 is 0 Å². The highest BCUT2D eigenvalue weighted by Gasteiger charge is 2.38. The van der Waals surface area contributed by atoms with Crippen molar-refractivity contribution in [1.29, 1.82) is 0 Å². The van der Waals surface area contributed by atoms with E-state index in [-0.39, 0.29) is 37.3 Å². The number of hydrogen-bond donors (Lipinski definition) is 2. The van der Waals surface area contributed by atoms with Crippen LogP contribution in [0.25, 0.3) is 0 Å². The molecule has 0 unspecified atom stereocenters. The molecule has 0 radical (unpaired) electrons. The van der Waals surface area contributed by atoms with E-state index >= 15 is 0 Å². The average molecular weight is 329 g/mol. The van der Waals surface area contributed by atoms with Crippen molar-refractivity contribution in [1.82, 2.24) is 10.2 Å². The smallest absolute Gasteiger partial charge is 0.231 e. The van der Waals surface area contributed by atoms with Crippen molar-refractivity contribution in [2.24, 2.45) is 5.41 Å². The summed E-state index contributed by atoms with van der Waals surface area (Å²) < 4.78 is 11.2. The van der Waals surface area contributed by atoms with Crippen molar-refractivity contribution in [2.75, 3.05) is 39.6 Å². The van der Waals surface area contributed by atoms with Crippen molar-refractivity contribution < 1.29 is 14.6 Å². The van der Waals surface area contributed by atoms with E-state index in [4.69, 9.17) is 9.47 Å². The molecule has 2 aliphatic rings. The van der Waals surface area contributed by atoms with E-state index in [1.54, 1.807) is 0 Å². The predicted octanol–water partition coefficient (Wildman–Crippen LogP) is 1.80. The number of benzene rings is 1. The minimum absolute atomic E-state index is 0. The van der Waals surface area contributed by atoms with Crippen molar-refractivity contribution in [2.45, 2.75) is 19.9 Å². The monoisotopic (exact) mass is 328 g/mol. The van der Waals surface area contributed by atoms with Crippen LogP contribution in [0.5, 0.6) is 11.5 Å². The van der Waals surface area contributed by atoms with E-state index in [9.17, 15) is 5.11 Å². The molecule has 3 rings (SSSR count). The Kier molecular flexibility index (Phi) is 5.55. The van der Waals surface area contributed by atoms with Gasteiger partial charge in [0, 0.05) is 49.8 Å². The fourth-order valence-electron chi connectivity index (χ4n) is 3.31. The lowest BCUT2D eigenvalue weighted by Crippen LogP contribution is -2.49. The number of nitrogens with zero attached hydrogens (tertiary/aromatic N) is 1. The Hall–Kier alpha value is -1.01.